The van der Waals surface area contributed by atoms with Gasteiger partial charge in [-0.3, -0.25) is 9.59 Å². The Morgan fingerprint density at radius 1 is 1.10 bits per heavy atom. The van der Waals surface area contributed by atoms with E-state index in [0.717, 1.165) is 44.1 Å². The number of fused-ring (bicyclic) bond motifs is 1. The molecule has 0 aromatic heterocycles. The van der Waals surface area contributed by atoms with Crippen molar-refractivity contribution < 1.29 is 18.0 Å². The van der Waals surface area contributed by atoms with E-state index in [0.29, 0.717) is 23.1 Å². The van der Waals surface area contributed by atoms with Gasteiger partial charge < -0.3 is 10.2 Å². The number of amides is 2. The molecule has 1 heterocycles. The van der Waals surface area contributed by atoms with Crippen LogP contribution >= 0.6 is 15.9 Å². The molecule has 29 heavy (non-hydrogen) atoms. The molecule has 6 nitrogen and oxygen atoms in total. The number of nitrogens with one attached hydrogen (secondary N) is 1. The van der Waals surface area contributed by atoms with Crippen molar-refractivity contribution in [2.24, 2.45) is 5.92 Å². The fraction of sp³-hybridized carbons (Fsp3) is 0.619. The monoisotopic (exact) mass is 482 g/mol. The van der Waals surface area contributed by atoms with E-state index in [1.165, 1.54) is 6.42 Å². The summed E-state index contributed by atoms with van der Waals surface area (Å²) < 4.78 is 27.0. The molecule has 0 unspecified atom stereocenters. The molecule has 2 fully saturated rings. The summed E-state index contributed by atoms with van der Waals surface area (Å²) in [4.78, 5) is 26.8. The van der Waals surface area contributed by atoms with Crippen molar-refractivity contribution in [2.45, 2.75) is 68.7 Å². The normalized spacial score (nSPS) is 19.8. The van der Waals surface area contributed by atoms with Crippen LogP contribution in [0.15, 0.2) is 21.5 Å². The molecule has 2 aliphatic carbocycles. The number of benzene rings is 1. The molecule has 158 valence electrons. The van der Waals surface area contributed by atoms with E-state index in [4.69, 9.17) is 0 Å². The molecule has 0 bridgehead atoms. The van der Waals surface area contributed by atoms with Gasteiger partial charge in [-0.05, 0) is 49.8 Å². The van der Waals surface area contributed by atoms with E-state index >= 15 is 0 Å². The second-order valence-corrected chi connectivity index (χ2v) is 11.4. The first kappa shape index (κ1) is 20.8. The van der Waals surface area contributed by atoms with Gasteiger partial charge in [-0.1, -0.05) is 35.2 Å². The standard InChI is InChI=1S/C21H27BrN2O4S/c22-16-12-15-8-10-24(21(26)14-6-7-14)20(15)18(13-16)29(27,28)11-9-19(25)23-17-4-2-1-3-5-17/h12-14,17H,1-11H2,(H,23,25). The summed E-state index contributed by atoms with van der Waals surface area (Å²) in [5.74, 6) is -0.406. The van der Waals surface area contributed by atoms with Crippen molar-refractivity contribution in [3.63, 3.8) is 0 Å². The number of carbonyl (C=O) groups excluding carboxylic acids is 2. The molecule has 1 aromatic rings. The molecular weight excluding hydrogens is 456 g/mol. The highest BCUT2D eigenvalue weighted by Gasteiger charge is 2.39. The summed E-state index contributed by atoms with van der Waals surface area (Å²) in [7, 11) is -3.70. The number of carbonyl (C=O) groups is 2. The molecule has 1 aliphatic heterocycles. The second-order valence-electron chi connectivity index (χ2n) is 8.40. The van der Waals surface area contributed by atoms with Gasteiger partial charge >= 0.3 is 0 Å². The Morgan fingerprint density at radius 2 is 1.83 bits per heavy atom. The Balaban J connectivity index is 1.50. The van der Waals surface area contributed by atoms with Gasteiger partial charge in [0.2, 0.25) is 11.8 Å². The third-order valence-electron chi connectivity index (χ3n) is 6.09. The highest BCUT2D eigenvalue weighted by molar-refractivity contribution is 9.10. The van der Waals surface area contributed by atoms with Gasteiger partial charge in [-0.2, -0.15) is 0 Å². The van der Waals surface area contributed by atoms with Gasteiger partial charge in [-0.25, -0.2) is 8.42 Å². The lowest BCUT2D eigenvalue weighted by Crippen LogP contribution is -2.37. The minimum Gasteiger partial charge on any atom is -0.353 e. The third-order valence-corrected chi connectivity index (χ3v) is 8.27. The zero-order valence-electron chi connectivity index (χ0n) is 16.5. The van der Waals surface area contributed by atoms with E-state index < -0.39 is 9.84 Å². The van der Waals surface area contributed by atoms with Crippen molar-refractivity contribution in [1.29, 1.82) is 0 Å². The van der Waals surface area contributed by atoms with E-state index in [9.17, 15) is 18.0 Å². The fourth-order valence-electron chi connectivity index (χ4n) is 4.36. The van der Waals surface area contributed by atoms with Crippen LogP contribution < -0.4 is 10.2 Å². The van der Waals surface area contributed by atoms with Crippen molar-refractivity contribution in [3.05, 3.63) is 22.2 Å². The third kappa shape index (κ3) is 4.68. The number of hydrogen-bond acceptors (Lipinski definition) is 4. The molecule has 2 saturated carbocycles. The number of halogens is 1. The smallest absolute Gasteiger partial charge is 0.230 e. The fourth-order valence-corrected chi connectivity index (χ4v) is 6.53. The maximum absolute atomic E-state index is 13.2. The largest absolute Gasteiger partial charge is 0.353 e. The molecule has 0 spiro atoms. The van der Waals surface area contributed by atoms with Crippen molar-refractivity contribution in [1.82, 2.24) is 5.32 Å². The van der Waals surface area contributed by atoms with Gasteiger partial charge in [-0.15, -0.1) is 0 Å². The second kappa shape index (κ2) is 8.38. The Kier molecular flexibility index (Phi) is 6.02. The van der Waals surface area contributed by atoms with Crippen molar-refractivity contribution >= 4 is 43.3 Å². The highest BCUT2D eigenvalue weighted by atomic mass is 79.9. The molecule has 1 N–H and O–H groups in total. The van der Waals surface area contributed by atoms with Gasteiger partial charge in [0.05, 0.1) is 16.3 Å². The molecule has 0 atom stereocenters. The van der Waals surface area contributed by atoms with Gasteiger partial charge in [0.1, 0.15) is 0 Å². The van der Waals surface area contributed by atoms with Gasteiger partial charge in [0.15, 0.2) is 9.84 Å². The number of rotatable bonds is 6. The minimum absolute atomic E-state index is 0.0255. The maximum Gasteiger partial charge on any atom is 0.230 e. The average Bonchev–Trinajstić information content (AvgIpc) is 3.46. The zero-order chi connectivity index (χ0) is 20.6. The molecule has 0 saturated heterocycles. The summed E-state index contributed by atoms with van der Waals surface area (Å²) >= 11 is 3.41. The first-order valence-electron chi connectivity index (χ1n) is 10.5. The van der Waals surface area contributed by atoms with Crippen LogP contribution in [-0.2, 0) is 25.8 Å². The average molecular weight is 483 g/mol. The topological polar surface area (TPSA) is 83.6 Å². The lowest BCUT2D eigenvalue weighted by atomic mass is 9.95. The summed E-state index contributed by atoms with van der Waals surface area (Å²) in [5, 5.41) is 2.98. The molecule has 1 aromatic carbocycles. The molecular formula is C21H27BrN2O4S. The van der Waals surface area contributed by atoms with Crippen LogP contribution in [0, 0.1) is 5.92 Å². The SMILES string of the molecule is O=C(CCS(=O)(=O)c1cc(Br)cc2c1N(C(=O)C1CC1)CC2)NC1CCCCC1. The molecule has 8 heteroatoms. The predicted molar refractivity (Wildman–Crippen MR) is 115 cm³/mol. The van der Waals surface area contributed by atoms with Crippen molar-refractivity contribution in [3.8, 4) is 0 Å². The summed E-state index contributed by atoms with van der Waals surface area (Å²) in [5.41, 5.74) is 1.40. The molecule has 4 rings (SSSR count). The van der Waals surface area contributed by atoms with Gasteiger partial charge in [0, 0.05) is 29.4 Å². The van der Waals surface area contributed by atoms with Crippen LogP contribution in [0.4, 0.5) is 5.69 Å². The predicted octanol–water partition coefficient (Wildman–Crippen LogP) is 3.36. The first-order chi connectivity index (χ1) is 13.8. The molecule has 3 aliphatic rings. The highest BCUT2D eigenvalue weighted by Crippen LogP contribution is 2.41. The summed E-state index contributed by atoms with van der Waals surface area (Å²) in [6, 6.07) is 3.64. The van der Waals surface area contributed by atoms with Crippen LogP contribution in [-0.4, -0.2) is 38.6 Å². The molecule has 2 amide bonds. The van der Waals surface area contributed by atoms with Gasteiger partial charge in [0.25, 0.3) is 0 Å². The maximum atomic E-state index is 13.2. The van der Waals surface area contributed by atoms with Crippen LogP contribution in [0.25, 0.3) is 0 Å². The summed E-state index contributed by atoms with van der Waals surface area (Å²) in [6.07, 6.45) is 7.71. The quantitative estimate of drug-likeness (QED) is 0.673. The van der Waals surface area contributed by atoms with Crippen LogP contribution in [0.1, 0.15) is 56.9 Å². The van der Waals surface area contributed by atoms with Crippen molar-refractivity contribution in [2.75, 3.05) is 17.2 Å². The first-order valence-corrected chi connectivity index (χ1v) is 13.0. The Hall–Kier alpha value is -1.41. The van der Waals surface area contributed by atoms with E-state index in [1.807, 2.05) is 6.07 Å². The summed E-state index contributed by atoms with van der Waals surface area (Å²) in [6.45, 7) is 0.520. The van der Waals surface area contributed by atoms with Crippen LogP contribution in [0.5, 0.6) is 0 Å². The van der Waals surface area contributed by atoms with Crippen LogP contribution in [0.3, 0.4) is 0 Å². The van der Waals surface area contributed by atoms with E-state index in [2.05, 4.69) is 21.2 Å². The number of hydrogen-bond donors (Lipinski definition) is 1. The Labute approximate surface area is 180 Å². The minimum atomic E-state index is -3.70. The zero-order valence-corrected chi connectivity index (χ0v) is 18.9. The molecule has 0 radical (unpaired) electrons. The number of anilines is 1. The Morgan fingerprint density at radius 3 is 2.52 bits per heavy atom. The number of sulfone groups is 1. The number of nitrogens with zero attached hydrogens (tertiary/aromatic N) is 1. The Bertz CT molecular complexity index is 921. The lowest BCUT2D eigenvalue weighted by Gasteiger charge is -2.23. The lowest BCUT2D eigenvalue weighted by molar-refractivity contribution is -0.121. The van der Waals surface area contributed by atoms with Crippen LogP contribution in [0.2, 0.25) is 0 Å². The van der Waals surface area contributed by atoms with E-state index in [-0.39, 0.29) is 40.8 Å². The van der Waals surface area contributed by atoms with E-state index in [1.54, 1.807) is 11.0 Å².